The van der Waals surface area contributed by atoms with Gasteiger partial charge in [-0.05, 0) is 63.3 Å². The van der Waals surface area contributed by atoms with E-state index in [0.29, 0.717) is 22.0 Å². The summed E-state index contributed by atoms with van der Waals surface area (Å²) in [5, 5.41) is 21.6. The van der Waals surface area contributed by atoms with Gasteiger partial charge in [0.05, 0.1) is 34.4 Å². The van der Waals surface area contributed by atoms with Crippen LogP contribution < -0.4 is 0 Å². The molecule has 0 unspecified atom stereocenters. The molecular formula is C24H22FN7OS. The lowest BCUT2D eigenvalue weighted by Gasteiger charge is -2.29. The Bertz CT molecular complexity index is 1430. The molecule has 1 aromatic carbocycles. The lowest BCUT2D eigenvalue weighted by Crippen LogP contribution is -2.32. The Hall–Kier alpha value is -3.55. The first-order valence-corrected chi connectivity index (χ1v) is 11.8. The maximum absolute atomic E-state index is 14.6. The van der Waals surface area contributed by atoms with Crippen LogP contribution in [0.15, 0.2) is 57.8 Å². The van der Waals surface area contributed by atoms with Crippen LogP contribution in [-0.2, 0) is 0 Å². The molecule has 0 saturated carbocycles. The van der Waals surface area contributed by atoms with Crippen LogP contribution in [0, 0.1) is 29.0 Å². The molecule has 10 heteroatoms. The second kappa shape index (κ2) is 9.00. The number of nitroso groups, excluding NO2 is 1. The normalized spacial score (nSPS) is 15.0. The molecule has 0 spiro atoms. The van der Waals surface area contributed by atoms with Crippen LogP contribution in [0.3, 0.4) is 0 Å². The molecule has 0 N–H and O–H groups in total. The zero-order chi connectivity index (χ0) is 23.8. The Morgan fingerprint density at radius 3 is 2.76 bits per heavy atom. The highest BCUT2D eigenvalue weighted by atomic mass is 32.2. The van der Waals surface area contributed by atoms with E-state index in [4.69, 9.17) is 5.10 Å². The van der Waals surface area contributed by atoms with Crippen LogP contribution in [0.5, 0.6) is 0 Å². The summed E-state index contributed by atoms with van der Waals surface area (Å²) < 4.78 is 18.3. The van der Waals surface area contributed by atoms with Gasteiger partial charge in [0, 0.05) is 27.9 Å². The molecule has 5 rings (SSSR count). The smallest absolute Gasteiger partial charge is 0.139 e. The molecule has 0 bridgehead atoms. The molecule has 1 saturated heterocycles. The predicted molar refractivity (Wildman–Crippen MR) is 128 cm³/mol. The van der Waals surface area contributed by atoms with Gasteiger partial charge in [-0.25, -0.2) is 8.91 Å². The second-order valence-corrected chi connectivity index (χ2v) is 9.51. The van der Waals surface area contributed by atoms with Crippen molar-refractivity contribution in [3.63, 3.8) is 0 Å². The summed E-state index contributed by atoms with van der Waals surface area (Å²) in [4.78, 5) is 14.3. The van der Waals surface area contributed by atoms with Crippen LogP contribution in [0.2, 0.25) is 0 Å². The number of nitriles is 1. The molecule has 0 atom stereocenters. The molecule has 172 valence electrons. The number of halogens is 1. The topological polar surface area (TPSA) is 91.6 Å². The minimum absolute atomic E-state index is 0.0119. The number of pyridine rings is 1. The molecule has 1 fully saturated rings. The van der Waals surface area contributed by atoms with E-state index in [1.54, 1.807) is 4.52 Å². The number of likely N-dealkylation sites (tertiary alicyclic amines) is 1. The molecule has 8 nitrogen and oxygen atoms in total. The van der Waals surface area contributed by atoms with Crippen molar-refractivity contribution in [2.75, 3.05) is 20.1 Å². The number of fused-ring (bicyclic) bond motifs is 1. The zero-order valence-corrected chi connectivity index (χ0v) is 19.6. The monoisotopic (exact) mass is 475 g/mol. The van der Waals surface area contributed by atoms with E-state index in [1.807, 2.05) is 25.4 Å². The number of hydrogen-bond donors (Lipinski definition) is 0. The summed E-state index contributed by atoms with van der Waals surface area (Å²) in [6.45, 7) is 4.12. The molecule has 3 aromatic heterocycles. The Morgan fingerprint density at radius 1 is 1.24 bits per heavy atom. The van der Waals surface area contributed by atoms with Gasteiger partial charge in [0.2, 0.25) is 0 Å². The summed E-state index contributed by atoms with van der Waals surface area (Å²) in [7, 11) is 2.13. The molecule has 0 amide bonds. The average molecular weight is 476 g/mol. The van der Waals surface area contributed by atoms with Crippen LogP contribution in [0.1, 0.15) is 30.1 Å². The van der Waals surface area contributed by atoms with Gasteiger partial charge >= 0.3 is 0 Å². The Morgan fingerprint density at radius 2 is 2.03 bits per heavy atom. The highest BCUT2D eigenvalue weighted by Gasteiger charge is 2.23. The first-order valence-electron chi connectivity index (χ1n) is 10.9. The lowest BCUT2D eigenvalue weighted by atomic mass is 10.0. The number of hydrogen-bond acceptors (Lipinski definition) is 7. The summed E-state index contributed by atoms with van der Waals surface area (Å²) in [5.41, 5.74) is 3.76. The van der Waals surface area contributed by atoms with E-state index in [2.05, 4.69) is 33.0 Å². The number of benzene rings is 1. The summed E-state index contributed by atoms with van der Waals surface area (Å²) in [6.07, 6.45) is 7.26. The van der Waals surface area contributed by atoms with Crippen molar-refractivity contribution in [1.82, 2.24) is 24.3 Å². The maximum Gasteiger partial charge on any atom is 0.139 e. The van der Waals surface area contributed by atoms with Crippen molar-refractivity contribution in [2.24, 2.45) is 5.18 Å². The van der Waals surface area contributed by atoms with Gasteiger partial charge in [-0.3, -0.25) is 4.68 Å². The molecule has 4 aromatic rings. The van der Waals surface area contributed by atoms with E-state index in [1.165, 1.54) is 24.4 Å². The van der Waals surface area contributed by atoms with E-state index < -0.39 is 5.82 Å². The molecular weight excluding hydrogens is 453 g/mol. The molecule has 0 radical (unpaired) electrons. The quantitative estimate of drug-likeness (QED) is 0.362. The van der Waals surface area contributed by atoms with Crippen molar-refractivity contribution in [3.8, 4) is 17.2 Å². The third-order valence-corrected chi connectivity index (χ3v) is 7.48. The largest absolute Gasteiger partial charge is 0.306 e. The van der Waals surface area contributed by atoms with Gasteiger partial charge in [0.25, 0.3) is 0 Å². The van der Waals surface area contributed by atoms with E-state index >= 15 is 0 Å². The number of nitrogens with zero attached hydrogens (tertiary/aromatic N) is 7. The van der Waals surface area contributed by atoms with Gasteiger partial charge in [0.15, 0.2) is 0 Å². The Balaban J connectivity index is 1.61. The number of aromatic nitrogens is 4. The fourth-order valence-electron chi connectivity index (χ4n) is 4.49. The van der Waals surface area contributed by atoms with Crippen LogP contribution in [0.25, 0.3) is 16.6 Å². The molecule has 1 aliphatic rings. The highest BCUT2D eigenvalue weighted by molar-refractivity contribution is 7.99. The van der Waals surface area contributed by atoms with Gasteiger partial charge in [-0.1, -0.05) is 17.8 Å². The summed E-state index contributed by atoms with van der Waals surface area (Å²) in [5.74, 6) is -0.546. The lowest BCUT2D eigenvalue weighted by molar-refractivity contribution is 0.210. The van der Waals surface area contributed by atoms with Crippen LogP contribution in [-0.4, -0.2) is 44.4 Å². The van der Waals surface area contributed by atoms with Gasteiger partial charge in [0.1, 0.15) is 17.6 Å². The minimum Gasteiger partial charge on any atom is -0.306 e. The predicted octanol–water partition coefficient (Wildman–Crippen LogP) is 5.33. The van der Waals surface area contributed by atoms with Gasteiger partial charge in [-0.15, -0.1) is 4.91 Å². The Labute approximate surface area is 200 Å². The van der Waals surface area contributed by atoms with Crippen LogP contribution >= 0.6 is 11.8 Å². The van der Waals surface area contributed by atoms with Crippen LogP contribution in [0.4, 0.5) is 10.1 Å². The van der Waals surface area contributed by atoms with Gasteiger partial charge < -0.3 is 4.90 Å². The summed E-state index contributed by atoms with van der Waals surface area (Å²) in [6, 6.07) is 8.59. The standard InChI is InChI=1S/C24H22FN7OS/c1-15-19(13-28-32(15)18-6-8-30(2)9-7-18)16-10-22(23-17(11-26)12-27-31(23)14-16)34-24-20(25)4-3-5-21(24)29-33/h3-5,10,12-14,18H,6-9H2,1-2H3. The average Bonchev–Trinajstić information content (AvgIpc) is 3.44. The Kier molecular flexibility index (Phi) is 5.89. The number of piperidine rings is 1. The third-order valence-electron chi connectivity index (χ3n) is 6.34. The molecule has 4 heterocycles. The van der Waals surface area contributed by atoms with Crippen molar-refractivity contribution in [2.45, 2.75) is 35.6 Å². The van der Waals surface area contributed by atoms with Crippen molar-refractivity contribution in [3.05, 3.63) is 64.8 Å². The first kappa shape index (κ1) is 22.3. The molecule has 34 heavy (non-hydrogen) atoms. The van der Waals surface area contributed by atoms with Crippen molar-refractivity contribution >= 4 is 23.0 Å². The highest BCUT2D eigenvalue weighted by Crippen LogP contribution is 2.41. The van der Waals surface area contributed by atoms with Crippen molar-refractivity contribution < 1.29 is 4.39 Å². The van der Waals surface area contributed by atoms with E-state index in [9.17, 15) is 14.6 Å². The maximum atomic E-state index is 14.6. The fourth-order valence-corrected chi connectivity index (χ4v) is 5.57. The molecule has 0 aliphatic carbocycles. The minimum atomic E-state index is -0.546. The second-order valence-electron chi connectivity index (χ2n) is 8.46. The van der Waals surface area contributed by atoms with E-state index in [-0.39, 0.29) is 10.6 Å². The van der Waals surface area contributed by atoms with E-state index in [0.717, 1.165) is 54.5 Å². The zero-order valence-electron chi connectivity index (χ0n) is 18.8. The number of rotatable bonds is 5. The SMILES string of the molecule is Cc1c(-c2cc(Sc3c(F)cccc3N=O)c3c(C#N)cnn3c2)cnn1C1CCN(C)CC1. The van der Waals surface area contributed by atoms with Gasteiger partial charge in [-0.2, -0.15) is 15.5 Å². The third kappa shape index (κ3) is 3.87. The summed E-state index contributed by atoms with van der Waals surface area (Å²) >= 11 is 1.07. The first-order chi connectivity index (χ1) is 16.5. The van der Waals surface area contributed by atoms with Crippen molar-refractivity contribution in [1.29, 1.82) is 5.26 Å². The molecule has 1 aliphatic heterocycles. The fraction of sp³-hybridized carbons (Fsp3) is 0.292.